The summed E-state index contributed by atoms with van der Waals surface area (Å²) in [6.45, 7) is 3.94. The van der Waals surface area contributed by atoms with Crippen LogP contribution in [0, 0.1) is 5.82 Å². The smallest absolute Gasteiger partial charge is 0.335 e. The fourth-order valence-electron chi connectivity index (χ4n) is 3.21. The zero-order chi connectivity index (χ0) is 23.4. The average molecular weight is 545 g/mol. The van der Waals surface area contributed by atoms with E-state index in [0.717, 1.165) is 6.07 Å². The van der Waals surface area contributed by atoms with Gasteiger partial charge in [0.2, 0.25) is 0 Å². The lowest BCUT2D eigenvalue weighted by Gasteiger charge is -2.25. The number of nitrogens with zero attached hydrogens (tertiary/aromatic N) is 2. The number of ether oxygens (including phenoxy) is 1. The first kappa shape index (κ1) is 24.3. The van der Waals surface area contributed by atoms with Crippen LogP contribution in [0.15, 0.2) is 39.8 Å². The van der Waals surface area contributed by atoms with Crippen LogP contribution in [-0.4, -0.2) is 39.8 Å². The predicted molar refractivity (Wildman–Crippen MR) is 124 cm³/mol. The van der Waals surface area contributed by atoms with Crippen molar-refractivity contribution in [3.8, 4) is 0 Å². The van der Waals surface area contributed by atoms with Gasteiger partial charge in [0.1, 0.15) is 11.9 Å². The van der Waals surface area contributed by atoms with Gasteiger partial charge in [-0.15, -0.1) is 11.3 Å². The van der Waals surface area contributed by atoms with Gasteiger partial charge in [0, 0.05) is 32.9 Å². The molecule has 0 aliphatic carbocycles. The van der Waals surface area contributed by atoms with Gasteiger partial charge in [0.05, 0.1) is 24.3 Å². The molecule has 2 unspecified atom stereocenters. The second-order valence-corrected chi connectivity index (χ2v) is 8.82. The fraction of sp³-hybridized carbons (Fsp3) is 0.333. The number of rotatable bonds is 8. The third kappa shape index (κ3) is 5.36. The number of carboxylic acid groups (broad SMARTS) is 1. The first-order valence-electron chi connectivity index (χ1n) is 9.68. The molecule has 0 saturated carbocycles. The van der Waals surface area contributed by atoms with Crippen LogP contribution in [0.4, 0.5) is 4.39 Å². The van der Waals surface area contributed by atoms with E-state index in [1.807, 2.05) is 12.3 Å². The number of alkyl halides is 1. The third-order valence-corrected chi connectivity index (χ3v) is 6.51. The molecule has 0 spiro atoms. The molecule has 0 radical (unpaired) electrons. The van der Waals surface area contributed by atoms with Crippen molar-refractivity contribution in [1.29, 1.82) is 0 Å². The van der Waals surface area contributed by atoms with Gasteiger partial charge in [-0.3, -0.25) is 9.79 Å². The van der Waals surface area contributed by atoms with Crippen LogP contribution in [0.25, 0.3) is 0 Å². The Hall–Kier alpha value is -2.30. The Kier molecular flexibility index (Phi) is 8.02. The zero-order valence-corrected chi connectivity index (χ0v) is 20.4. The SMILES string of the molecule is CCOC(=O)CC(C)c1csc(C2=NC(c3ccc(F)cc3Cl)C(C(=O)O)=C(CBr)N2)n1. The molecule has 0 amide bonds. The van der Waals surface area contributed by atoms with Crippen molar-refractivity contribution in [2.75, 3.05) is 11.9 Å². The minimum absolute atomic E-state index is 0.00610. The largest absolute Gasteiger partial charge is 0.478 e. The second kappa shape index (κ2) is 10.5. The molecular weight excluding hydrogens is 525 g/mol. The van der Waals surface area contributed by atoms with E-state index in [1.165, 1.54) is 23.5 Å². The number of aromatic nitrogens is 1. The fourth-order valence-corrected chi connectivity index (χ4v) is 4.81. The van der Waals surface area contributed by atoms with Gasteiger partial charge < -0.3 is 15.2 Å². The molecule has 7 nitrogen and oxygen atoms in total. The molecule has 1 aliphatic rings. The lowest BCUT2D eigenvalue weighted by atomic mass is 9.96. The number of carboxylic acids is 1. The number of nitrogens with one attached hydrogen (secondary N) is 1. The van der Waals surface area contributed by atoms with Gasteiger partial charge in [-0.2, -0.15) is 0 Å². The topological polar surface area (TPSA) is 101 Å². The number of benzene rings is 1. The summed E-state index contributed by atoms with van der Waals surface area (Å²) in [5.41, 5.74) is 1.47. The molecule has 11 heteroatoms. The van der Waals surface area contributed by atoms with Crippen molar-refractivity contribution in [1.82, 2.24) is 10.3 Å². The van der Waals surface area contributed by atoms with Gasteiger partial charge >= 0.3 is 11.9 Å². The Morgan fingerprint density at radius 2 is 2.19 bits per heavy atom. The van der Waals surface area contributed by atoms with Crippen LogP contribution in [0.1, 0.15) is 48.5 Å². The highest BCUT2D eigenvalue weighted by Crippen LogP contribution is 2.36. The normalized spacial score (nSPS) is 16.9. The Labute approximate surface area is 201 Å². The lowest BCUT2D eigenvalue weighted by Crippen LogP contribution is -2.34. The van der Waals surface area contributed by atoms with Crippen LogP contribution in [0.2, 0.25) is 5.02 Å². The number of amidine groups is 1. The Morgan fingerprint density at radius 1 is 1.44 bits per heavy atom. The molecule has 0 bridgehead atoms. The summed E-state index contributed by atoms with van der Waals surface area (Å²) in [4.78, 5) is 33.0. The van der Waals surface area contributed by atoms with Gasteiger partial charge in [-0.25, -0.2) is 14.2 Å². The molecule has 3 rings (SSSR count). The number of aliphatic imine (C=N–C) groups is 1. The number of carbonyl (C=O) groups excluding carboxylic acids is 1. The number of hydrogen-bond donors (Lipinski definition) is 2. The summed E-state index contributed by atoms with van der Waals surface area (Å²) >= 11 is 10.9. The molecular formula is C21H20BrClFN3O4S. The van der Waals surface area contributed by atoms with Gasteiger partial charge in [-0.05, 0) is 19.1 Å². The van der Waals surface area contributed by atoms with Crippen molar-refractivity contribution in [2.45, 2.75) is 32.2 Å². The van der Waals surface area contributed by atoms with E-state index in [0.29, 0.717) is 34.4 Å². The summed E-state index contributed by atoms with van der Waals surface area (Å²) in [5.74, 6) is -1.79. The van der Waals surface area contributed by atoms with E-state index in [4.69, 9.17) is 16.3 Å². The van der Waals surface area contributed by atoms with Crippen LogP contribution in [-0.2, 0) is 14.3 Å². The first-order valence-corrected chi connectivity index (χ1v) is 12.1. The molecule has 1 aliphatic heterocycles. The summed E-state index contributed by atoms with van der Waals surface area (Å²) in [5, 5.41) is 15.5. The molecule has 2 atom stereocenters. The summed E-state index contributed by atoms with van der Waals surface area (Å²) < 4.78 is 18.6. The van der Waals surface area contributed by atoms with E-state index >= 15 is 0 Å². The summed E-state index contributed by atoms with van der Waals surface area (Å²) in [6, 6.07) is 2.82. The Bertz CT molecular complexity index is 1100. The Morgan fingerprint density at radius 3 is 2.81 bits per heavy atom. The van der Waals surface area contributed by atoms with Gasteiger partial charge in [0.15, 0.2) is 10.8 Å². The number of hydrogen-bond acceptors (Lipinski definition) is 7. The van der Waals surface area contributed by atoms with Crippen LogP contribution in [0.3, 0.4) is 0 Å². The molecule has 170 valence electrons. The molecule has 1 aromatic heterocycles. The maximum Gasteiger partial charge on any atom is 0.335 e. The van der Waals surface area contributed by atoms with Crippen molar-refractivity contribution in [3.05, 3.63) is 62.0 Å². The maximum absolute atomic E-state index is 13.6. The molecule has 32 heavy (non-hydrogen) atoms. The maximum atomic E-state index is 13.6. The van der Waals surface area contributed by atoms with Crippen molar-refractivity contribution in [2.24, 2.45) is 4.99 Å². The highest BCUT2D eigenvalue weighted by Gasteiger charge is 2.33. The summed E-state index contributed by atoms with van der Waals surface area (Å²) in [7, 11) is 0. The minimum atomic E-state index is -1.16. The van der Waals surface area contributed by atoms with Crippen molar-refractivity contribution in [3.63, 3.8) is 0 Å². The highest BCUT2D eigenvalue weighted by molar-refractivity contribution is 9.09. The van der Waals surface area contributed by atoms with Crippen molar-refractivity contribution < 1.29 is 23.8 Å². The van der Waals surface area contributed by atoms with Crippen molar-refractivity contribution >= 4 is 56.6 Å². The Balaban J connectivity index is 1.98. The molecule has 2 N–H and O–H groups in total. The van der Waals surface area contributed by atoms with Gasteiger partial charge in [-0.1, -0.05) is 40.5 Å². The van der Waals surface area contributed by atoms with E-state index in [2.05, 4.69) is 31.2 Å². The number of esters is 1. The van der Waals surface area contributed by atoms with E-state index in [9.17, 15) is 19.1 Å². The molecule has 2 aromatic rings. The molecule has 0 fully saturated rings. The quantitative estimate of drug-likeness (QED) is 0.365. The van der Waals surface area contributed by atoms with Crippen LogP contribution < -0.4 is 5.32 Å². The highest BCUT2D eigenvalue weighted by atomic mass is 79.9. The predicted octanol–water partition coefficient (Wildman–Crippen LogP) is 4.82. The number of thiazole rings is 1. The average Bonchev–Trinajstić information content (AvgIpc) is 3.23. The number of halogens is 3. The van der Waals surface area contributed by atoms with Crippen LogP contribution in [0.5, 0.6) is 0 Å². The lowest BCUT2D eigenvalue weighted by molar-refractivity contribution is -0.143. The molecule has 2 heterocycles. The standard InChI is InChI=1S/C21H20BrClFN3O4S/c1-3-31-16(28)6-10(2)15-9-32-20(26-15)19-25-14(8-22)17(21(29)30)18(27-19)12-5-4-11(24)7-13(12)23/h4-5,7,9-10,18H,3,6,8H2,1-2H3,(H,25,27)(H,29,30). The first-order chi connectivity index (χ1) is 15.2. The molecule has 0 saturated heterocycles. The van der Waals surface area contributed by atoms with Gasteiger partial charge in [0.25, 0.3) is 0 Å². The van der Waals surface area contributed by atoms with E-state index in [1.54, 1.807) is 6.92 Å². The zero-order valence-electron chi connectivity index (χ0n) is 17.2. The van der Waals surface area contributed by atoms with Crippen LogP contribution >= 0.6 is 38.9 Å². The van der Waals surface area contributed by atoms with E-state index < -0.39 is 17.8 Å². The monoisotopic (exact) mass is 543 g/mol. The molecule has 1 aromatic carbocycles. The summed E-state index contributed by atoms with van der Waals surface area (Å²) in [6.07, 6.45) is 0.195. The van der Waals surface area contributed by atoms with E-state index in [-0.39, 0.29) is 34.2 Å². The number of aliphatic carboxylic acids is 1. The third-order valence-electron chi connectivity index (χ3n) is 4.75. The minimum Gasteiger partial charge on any atom is -0.478 e. The number of allylic oxidation sites excluding steroid dienone is 1. The number of carbonyl (C=O) groups is 2. The second-order valence-electron chi connectivity index (χ2n) is 6.99.